The first kappa shape index (κ1) is 30.4. The Bertz CT molecular complexity index is 1500. The quantitative estimate of drug-likeness (QED) is 0.131. The van der Waals surface area contributed by atoms with E-state index < -0.39 is 29.6 Å². The van der Waals surface area contributed by atoms with Crippen LogP contribution in [0.5, 0.6) is 5.75 Å². The second-order valence-corrected chi connectivity index (χ2v) is 11.3. The number of anilines is 1. The average molecular weight is 658 g/mol. The molecule has 212 valence electrons. The number of esters is 1. The Kier molecular flexibility index (Phi) is 10.6. The summed E-state index contributed by atoms with van der Waals surface area (Å²) in [7, 11) is 0. The van der Waals surface area contributed by atoms with E-state index in [4.69, 9.17) is 21.1 Å². The first-order valence-electron chi connectivity index (χ1n) is 12.7. The van der Waals surface area contributed by atoms with Crippen molar-refractivity contribution in [3.05, 3.63) is 97.8 Å². The molecule has 1 N–H and O–H groups in total. The zero-order valence-electron chi connectivity index (χ0n) is 22.0. The predicted octanol–water partition coefficient (Wildman–Crippen LogP) is 7.31. The number of halogens is 2. The van der Waals surface area contributed by atoms with E-state index >= 15 is 0 Å². The molecule has 0 saturated carbocycles. The van der Waals surface area contributed by atoms with E-state index in [1.165, 1.54) is 18.2 Å². The number of benzene rings is 3. The maximum absolute atomic E-state index is 13.1. The van der Waals surface area contributed by atoms with Crippen LogP contribution in [0.4, 0.5) is 10.5 Å². The van der Waals surface area contributed by atoms with Gasteiger partial charge in [-0.3, -0.25) is 19.3 Å². The van der Waals surface area contributed by atoms with Gasteiger partial charge in [0, 0.05) is 15.7 Å². The zero-order chi connectivity index (χ0) is 29.4. The van der Waals surface area contributed by atoms with E-state index in [9.17, 15) is 19.2 Å². The largest absolute Gasteiger partial charge is 0.488 e. The molecule has 0 spiro atoms. The molecule has 3 aromatic carbocycles. The molecule has 0 atom stereocenters. The Hall–Kier alpha value is -3.60. The fraction of sp³-hybridized carbons (Fsp3) is 0.200. The highest BCUT2D eigenvalue weighted by atomic mass is 79.9. The molecule has 0 radical (unpaired) electrons. The second kappa shape index (κ2) is 14.3. The fourth-order valence-electron chi connectivity index (χ4n) is 3.77. The van der Waals surface area contributed by atoms with Gasteiger partial charge in [-0.2, -0.15) is 0 Å². The number of amides is 3. The molecule has 41 heavy (non-hydrogen) atoms. The first-order chi connectivity index (χ1) is 19.7. The van der Waals surface area contributed by atoms with Crippen molar-refractivity contribution in [2.45, 2.75) is 26.4 Å². The standard InChI is InChI=1S/C30H26BrClN2O6S/c1-2-3-13-39-29(37)23-16-22(10-11-24(23)32)33-27(35)17-34-28(36)26(41-30(34)38)15-20-14-21(31)9-12-25(20)40-18-19-7-5-4-6-8-19/h4-12,14-16H,2-3,13,17-18H2,1H3,(H,33,35)/b26-15-. The smallest absolute Gasteiger partial charge is 0.339 e. The summed E-state index contributed by atoms with van der Waals surface area (Å²) in [5.41, 5.74) is 1.96. The summed E-state index contributed by atoms with van der Waals surface area (Å²) in [5, 5.41) is 2.21. The summed E-state index contributed by atoms with van der Waals surface area (Å²) >= 11 is 10.3. The van der Waals surface area contributed by atoms with Crippen molar-refractivity contribution in [2.24, 2.45) is 0 Å². The number of thioether (sulfide) groups is 1. The monoisotopic (exact) mass is 656 g/mol. The third-order valence-corrected chi connectivity index (χ3v) is 7.60. The number of carbonyl (C=O) groups is 4. The molecule has 0 aromatic heterocycles. The van der Waals surface area contributed by atoms with E-state index in [-0.39, 0.29) is 27.8 Å². The third-order valence-electron chi connectivity index (χ3n) is 5.87. The van der Waals surface area contributed by atoms with E-state index in [0.717, 1.165) is 39.5 Å². The van der Waals surface area contributed by atoms with Crippen molar-refractivity contribution in [1.82, 2.24) is 4.90 Å². The Morgan fingerprint density at radius 1 is 1.07 bits per heavy atom. The SMILES string of the molecule is CCCCOC(=O)c1cc(NC(=O)CN2C(=O)S/C(=C\c3cc(Br)ccc3OCc3ccccc3)C2=O)ccc1Cl. The fourth-order valence-corrected chi connectivity index (χ4v) is 5.17. The number of ether oxygens (including phenoxy) is 2. The normalized spacial score (nSPS) is 13.9. The lowest BCUT2D eigenvalue weighted by Crippen LogP contribution is -2.36. The van der Waals surface area contributed by atoms with Gasteiger partial charge in [0.25, 0.3) is 11.1 Å². The second-order valence-electron chi connectivity index (χ2n) is 8.96. The van der Waals surface area contributed by atoms with Crippen molar-refractivity contribution < 1.29 is 28.7 Å². The molecular formula is C30H26BrClN2O6S. The summed E-state index contributed by atoms with van der Waals surface area (Å²) in [4.78, 5) is 51.9. The lowest BCUT2D eigenvalue weighted by molar-refractivity contribution is -0.127. The van der Waals surface area contributed by atoms with Gasteiger partial charge in [0.1, 0.15) is 18.9 Å². The molecule has 3 aromatic rings. The van der Waals surface area contributed by atoms with E-state index in [0.29, 0.717) is 17.9 Å². The molecular weight excluding hydrogens is 632 g/mol. The molecule has 11 heteroatoms. The number of unbranched alkanes of at least 4 members (excludes halogenated alkanes) is 1. The van der Waals surface area contributed by atoms with E-state index in [2.05, 4.69) is 21.2 Å². The van der Waals surface area contributed by atoms with Crippen molar-refractivity contribution in [1.29, 1.82) is 0 Å². The maximum Gasteiger partial charge on any atom is 0.339 e. The molecule has 0 unspecified atom stereocenters. The van der Waals surface area contributed by atoms with Crippen LogP contribution in [-0.2, 0) is 20.9 Å². The molecule has 1 fully saturated rings. The average Bonchev–Trinajstić information content (AvgIpc) is 3.21. The van der Waals surface area contributed by atoms with Gasteiger partial charge < -0.3 is 14.8 Å². The van der Waals surface area contributed by atoms with Crippen LogP contribution < -0.4 is 10.1 Å². The summed E-state index contributed by atoms with van der Waals surface area (Å²) in [6.45, 7) is 2.06. The van der Waals surface area contributed by atoms with Gasteiger partial charge in [-0.15, -0.1) is 0 Å². The number of hydrogen-bond acceptors (Lipinski definition) is 7. The molecule has 0 bridgehead atoms. The lowest BCUT2D eigenvalue weighted by Gasteiger charge is -2.13. The Morgan fingerprint density at radius 3 is 2.61 bits per heavy atom. The molecule has 3 amide bonds. The highest BCUT2D eigenvalue weighted by Crippen LogP contribution is 2.35. The minimum Gasteiger partial charge on any atom is -0.488 e. The molecule has 1 aliphatic rings. The minimum atomic E-state index is -0.615. The van der Waals surface area contributed by atoms with Gasteiger partial charge in [0.15, 0.2) is 0 Å². The van der Waals surface area contributed by atoms with Gasteiger partial charge in [-0.1, -0.05) is 71.2 Å². The molecule has 1 saturated heterocycles. The Labute approximate surface area is 255 Å². The van der Waals surface area contributed by atoms with Crippen LogP contribution in [0.15, 0.2) is 76.1 Å². The lowest BCUT2D eigenvalue weighted by atomic mass is 10.1. The van der Waals surface area contributed by atoms with Crippen LogP contribution >= 0.6 is 39.3 Å². The Morgan fingerprint density at radius 2 is 1.85 bits per heavy atom. The summed E-state index contributed by atoms with van der Waals surface area (Å²) in [6, 6.07) is 19.4. The van der Waals surface area contributed by atoms with E-state index in [1.807, 2.05) is 43.3 Å². The predicted molar refractivity (Wildman–Crippen MR) is 163 cm³/mol. The van der Waals surface area contributed by atoms with Crippen molar-refractivity contribution in [2.75, 3.05) is 18.5 Å². The van der Waals surface area contributed by atoms with Gasteiger partial charge in [-0.05, 0) is 66.2 Å². The number of imide groups is 1. The number of carbonyl (C=O) groups excluding carboxylic acids is 4. The number of rotatable bonds is 11. The first-order valence-corrected chi connectivity index (χ1v) is 14.7. The van der Waals surface area contributed by atoms with Crippen molar-refractivity contribution in [3.8, 4) is 5.75 Å². The number of nitrogens with zero attached hydrogens (tertiary/aromatic N) is 1. The van der Waals surface area contributed by atoms with Crippen LogP contribution in [-0.4, -0.2) is 41.1 Å². The van der Waals surface area contributed by atoms with Crippen LogP contribution in [0.25, 0.3) is 6.08 Å². The molecule has 1 aliphatic heterocycles. The van der Waals surface area contributed by atoms with Gasteiger partial charge in [-0.25, -0.2) is 4.79 Å². The van der Waals surface area contributed by atoms with Crippen LogP contribution in [0.2, 0.25) is 5.02 Å². The molecule has 0 aliphatic carbocycles. The minimum absolute atomic E-state index is 0.106. The van der Waals surface area contributed by atoms with Gasteiger partial charge in [0.2, 0.25) is 5.91 Å². The van der Waals surface area contributed by atoms with Crippen molar-refractivity contribution in [3.63, 3.8) is 0 Å². The molecule has 1 heterocycles. The molecule has 4 rings (SSSR count). The van der Waals surface area contributed by atoms with Gasteiger partial charge >= 0.3 is 5.97 Å². The summed E-state index contributed by atoms with van der Waals surface area (Å²) < 4.78 is 12.0. The number of hydrogen-bond donors (Lipinski definition) is 1. The van der Waals surface area contributed by atoms with E-state index in [1.54, 1.807) is 18.2 Å². The van der Waals surface area contributed by atoms with Crippen LogP contribution in [0, 0.1) is 0 Å². The zero-order valence-corrected chi connectivity index (χ0v) is 25.2. The molecule has 8 nitrogen and oxygen atoms in total. The van der Waals surface area contributed by atoms with Crippen LogP contribution in [0.3, 0.4) is 0 Å². The maximum atomic E-state index is 13.1. The highest BCUT2D eigenvalue weighted by Gasteiger charge is 2.36. The van der Waals surface area contributed by atoms with Crippen LogP contribution in [0.1, 0.15) is 41.3 Å². The van der Waals surface area contributed by atoms with Crippen molar-refractivity contribution >= 4 is 74.1 Å². The highest BCUT2D eigenvalue weighted by molar-refractivity contribution is 9.10. The summed E-state index contributed by atoms with van der Waals surface area (Å²) in [6.07, 6.45) is 3.16. The Balaban J connectivity index is 1.43. The summed E-state index contributed by atoms with van der Waals surface area (Å²) in [5.74, 6) is -1.28. The topological polar surface area (TPSA) is 102 Å². The van der Waals surface area contributed by atoms with Gasteiger partial charge in [0.05, 0.1) is 22.1 Å². The number of nitrogens with one attached hydrogen (secondary N) is 1. The third kappa shape index (κ3) is 8.22.